The Morgan fingerprint density at radius 1 is 1.03 bits per heavy atom. The van der Waals surface area contributed by atoms with Gasteiger partial charge in [0.15, 0.2) is 0 Å². The molecule has 7 nitrogen and oxygen atoms in total. The lowest BCUT2D eigenvalue weighted by Crippen LogP contribution is -2.49. The first-order valence-corrected chi connectivity index (χ1v) is 12.9. The fourth-order valence-corrected chi connectivity index (χ4v) is 5.08. The fourth-order valence-electron chi connectivity index (χ4n) is 4.04. The molecule has 2 heterocycles. The lowest BCUT2D eigenvalue weighted by atomic mass is 10.1. The van der Waals surface area contributed by atoms with E-state index in [-0.39, 0.29) is 23.3 Å². The first-order valence-electron chi connectivity index (χ1n) is 11.5. The van der Waals surface area contributed by atoms with E-state index in [1.807, 2.05) is 13.0 Å². The number of halogens is 1. The van der Waals surface area contributed by atoms with Gasteiger partial charge in [0.1, 0.15) is 17.3 Å². The van der Waals surface area contributed by atoms with E-state index in [0.29, 0.717) is 31.2 Å². The van der Waals surface area contributed by atoms with E-state index in [0.717, 1.165) is 25.2 Å². The van der Waals surface area contributed by atoms with Gasteiger partial charge in [0.25, 0.3) is 0 Å². The Labute approximate surface area is 200 Å². The Balaban J connectivity index is 1.41. The summed E-state index contributed by atoms with van der Waals surface area (Å²) in [6.07, 6.45) is 2.48. The molecular formula is C25H30FN3O4S. The number of piperazine rings is 1. The average molecular weight is 488 g/mol. The number of rotatable bonds is 10. The number of sulfonamides is 1. The fraction of sp³-hybridized carbons (Fsp3) is 0.360. The van der Waals surface area contributed by atoms with Crippen LogP contribution >= 0.6 is 0 Å². The van der Waals surface area contributed by atoms with Gasteiger partial charge in [0.05, 0.1) is 23.8 Å². The monoisotopic (exact) mass is 487 g/mol. The largest absolute Gasteiger partial charge is 0.494 e. The highest BCUT2D eigenvalue weighted by atomic mass is 32.2. The molecule has 9 heteroatoms. The SMILES string of the molecule is CCCOc1ccc(S(=O)(=O)NCC(c2ccco2)N2CCN(c3ccc(F)cc3)CC2)cc1. The molecule has 1 aliphatic rings. The maximum absolute atomic E-state index is 13.3. The van der Waals surface area contributed by atoms with E-state index < -0.39 is 10.0 Å². The molecule has 182 valence electrons. The molecule has 4 rings (SSSR count). The first-order chi connectivity index (χ1) is 16.5. The van der Waals surface area contributed by atoms with Crippen LogP contribution < -0.4 is 14.4 Å². The molecule has 34 heavy (non-hydrogen) atoms. The van der Waals surface area contributed by atoms with Crippen molar-refractivity contribution in [2.75, 3.05) is 44.2 Å². The third-order valence-electron chi connectivity index (χ3n) is 5.89. The van der Waals surface area contributed by atoms with Crippen LogP contribution in [0.25, 0.3) is 0 Å². The zero-order valence-corrected chi connectivity index (χ0v) is 20.0. The lowest BCUT2D eigenvalue weighted by Gasteiger charge is -2.39. The molecule has 0 radical (unpaired) electrons. The molecule has 0 amide bonds. The molecule has 0 saturated carbocycles. The van der Waals surface area contributed by atoms with Gasteiger partial charge in [-0.05, 0) is 67.1 Å². The zero-order valence-electron chi connectivity index (χ0n) is 19.2. The Bertz CT molecular complexity index is 1130. The van der Waals surface area contributed by atoms with Crippen LogP contribution in [0.3, 0.4) is 0 Å². The molecular weight excluding hydrogens is 457 g/mol. The minimum absolute atomic E-state index is 0.181. The molecule has 1 N–H and O–H groups in total. The Morgan fingerprint density at radius 2 is 1.74 bits per heavy atom. The predicted octanol–water partition coefficient (Wildman–Crippen LogP) is 4.05. The molecule has 1 unspecified atom stereocenters. The van der Waals surface area contributed by atoms with Gasteiger partial charge in [-0.2, -0.15) is 0 Å². The van der Waals surface area contributed by atoms with Gasteiger partial charge in [0.2, 0.25) is 10.0 Å². The molecule has 1 aliphatic heterocycles. The number of furan rings is 1. The van der Waals surface area contributed by atoms with Gasteiger partial charge >= 0.3 is 0 Å². The highest BCUT2D eigenvalue weighted by Gasteiger charge is 2.28. The van der Waals surface area contributed by atoms with Crippen LogP contribution in [0.5, 0.6) is 5.75 Å². The predicted molar refractivity (Wildman–Crippen MR) is 129 cm³/mol. The summed E-state index contributed by atoms with van der Waals surface area (Å²) in [5.41, 5.74) is 0.975. The van der Waals surface area contributed by atoms with Crippen LogP contribution in [-0.2, 0) is 10.0 Å². The van der Waals surface area contributed by atoms with Crippen molar-refractivity contribution in [1.82, 2.24) is 9.62 Å². The van der Waals surface area contributed by atoms with Crippen molar-refractivity contribution < 1.29 is 22.0 Å². The number of nitrogens with one attached hydrogen (secondary N) is 1. The lowest BCUT2D eigenvalue weighted by molar-refractivity contribution is 0.166. The normalized spacial score (nSPS) is 15.9. The maximum atomic E-state index is 13.3. The van der Waals surface area contributed by atoms with Crippen LogP contribution in [-0.4, -0.2) is 52.6 Å². The maximum Gasteiger partial charge on any atom is 0.240 e. The zero-order chi connectivity index (χ0) is 24.0. The third-order valence-corrected chi connectivity index (χ3v) is 7.33. The van der Waals surface area contributed by atoms with E-state index >= 15 is 0 Å². The van der Waals surface area contributed by atoms with E-state index in [9.17, 15) is 12.8 Å². The first kappa shape index (κ1) is 24.3. The molecule has 1 atom stereocenters. The van der Waals surface area contributed by atoms with Gasteiger partial charge in [0, 0.05) is 38.4 Å². The van der Waals surface area contributed by atoms with Crippen LogP contribution in [0.1, 0.15) is 25.1 Å². The second-order valence-electron chi connectivity index (χ2n) is 8.20. The second-order valence-corrected chi connectivity index (χ2v) is 9.97. The minimum Gasteiger partial charge on any atom is -0.494 e. The molecule has 0 spiro atoms. The van der Waals surface area contributed by atoms with Crippen molar-refractivity contribution in [2.24, 2.45) is 0 Å². The quantitative estimate of drug-likeness (QED) is 0.465. The van der Waals surface area contributed by atoms with Gasteiger partial charge in [-0.25, -0.2) is 17.5 Å². The Kier molecular flexibility index (Phi) is 7.87. The molecule has 0 bridgehead atoms. The summed E-state index contributed by atoms with van der Waals surface area (Å²) in [5.74, 6) is 1.10. The third kappa shape index (κ3) is 5.97. The Morgan fingerprint density at radius 3 is 2.35 bits per heavy atom. The minimum atomic E-state index is -3.70. The molecule has 3 aromatic rings. The van der Waals surface area contributed by atoms with E-state index in [1.165, 1.54) is 12.1 Å². The second kappa shape index (κ2) is 11.0. The van der Waals surface area contributed by atoms with Gasteiger partial charge in [-0.15, -0.1) is 0 Å². The van der Waals surface area contributed by atoms with E-state index in [1.54, 1.807) is 48.7 Å². The summed E-state index contributed by atoms with van der Waals surface area (Å²) in [6, 6.07) is 16.4. The van der Waals surface area contributed by atoms with Gasteiger partial charge in [-0.1, -0.05) is 6.92 Å². The summed E-state index contributed by atoms with van der Waals surface area (Å²) < 4.78 is 53.1. The average Bonchev–Trinajstić information content (AvgIpc) is 3.39. The standard InChI is InChI=1S/C25H30FN3O4S/c1-2-17-32-22-9-11-23(12-10-22)34(30,31)27-19-24(25-4-3-18-33-25)29-15-13-28(14-16-29)21-7-5-20(26)6-8-21/h3-12,18,24,27H,2,13-17,19H2,1H3. The molecule has 1 fully saturated rings. The van der Waals surface area contributed by atoms with Crippen LogP contribution in [0.4, 0.5) is 10.1 Å². The number of nitrogens with zero attached hydrogens (tertiary/aromatic N) is 2. The number of hydrogen-bond donors (Lipinski definition) is 1. The van der Waals surface area contributed by atoms with Crippen LogP contribution in [0.15, 0.2) is 76.2 Å². The van der Waals surface area contributed by atoms with Crippen molar-refractivity contribution in [3.63, 3.8) is 0 Å². The van der Waals surface area contributed by atoms with Crippen molar-refractivity contribution >= 4 is 15.7 Å². The van der Waals surface area contributed by atoms with E-state index in [2.05, 4.69) is 14.5 Å². The van der Waals surface area contributed by atoms with Crippen molar-refractivity contribution in [1.29, 1.82) is 0 Å². The van der Waals surface area contributed by atoms with Crippen LogP contribution in [0.2, 0.25) is 0 Å². The number of anilines is 1. The smallest absolute Gasteiger partial charge is 0.240 e. The topological polar surface area (TPSA) is 75.0 Å². The van der Waals surface area contributed by atoms with E-state index in [4.69, 9.17) is 9.15 Å². The summed E-state index contributed by atoms with van der Waals surface area (Å²) in [5, 5.41) is 0. The van der Waals surface area contributed by atoms with Crippen molar-refractivity contribution in [3.8, 4) is 5.75 Å². The van der Waals surface area contributed by atoms with Gasteiger partial charge < -0.3 is 14.1 Å². The highest BCUT2D eigenvalue weighted by Crippen LogP contribution is 2.25. The van der Waals surface area contributed by atoms with Crippen molar-refractivity contribution in [3.05, 3.63) is 78.5 Å². The number of hydrogen-bond acceptors (Lipinski definition) is 6. The molecule has 1 saturated heterocycles. The number of benzene rings is 2. The van der Waals surface area contributed by atoms with Crippen molar-refractivity contribution in [2.45, 2.75) is 24.3 Å². The van der Waals surface area contributed by atoms with Crippen LogP contribution in [0, 0.1) is 5.82 Å². The summed E-state index contributed by atoms with van der Waals surface area (Å²) in [6.45, 7) is 5.70. The Hall–Kier alpha value is -2.88. The molecule has 1 aromatic heterocycles. The molecule has 2 aromatic carbocycles. The molecule has 0 aliphatic carbocycles. The highest BCUT2D eigenvalue weighted by molar-refractivity contribution is 7.89. The number of ether oxygens (including phenoxy) is 1. The summed E-state index contributed by atoms with van der Waals surface area (Å²) in [7, 11) is -3.70. The summed E-state index contributed by atoms with van der Waals surface area (Å²) >= 11 is 0. The van der Waals surface area contributed by atoms with Gasteiger partial charge in [-0.3, -0.25) is 4.90 Å². The summed E-state index contributed by atoms with van der Waals surface area (Å²) in [4.78, 5) is 4.60.